The third kappa shape index (κ3) is 6.37. The summed E-state index contributed by atoms with van der Waals surface area (Å²) in [6, 6.07) is 19.6. The van der Waals surface area contributed by atoms with Crippen molar-refractivity contribution in [1.82, 2.24) is 14.9 Å². The number of ether oxygens (including phenoxy) is 1. The van der Waals surface area contributed by atoms with Crippen LogP contribution in [0, 0.1) is 6.92 Å². The minimum Gasteiger partial charge on any atom is -0.495 e. The van der Waals surface area contributed by atoms with Crippen LogP contribution in [0.25, 0.3) is 10.8 Å². The lowest BCUT2D eigenvalue weighted by Crippen LogP contribution is -2.13. The Labute approximate surface area is 211 Å². The molecule has 184 valence electrons. The first kappa shape index (κ1) is 24.7. The van der Waals surface area contributed by atoms with E-state index in [-0.39, 0.29) is 5.91 Å². The summed E-state index contributed by atoms with van der Waals surface area (Å²) in [5, 5.41) is 11.8. The lowest BCUT2D eigenvalue weighted by molar-refractivity contribution is -0.111. The maximum absolute atomic E-state index is 12.2. The molecule has 0 saturated heterocycles. The number of carbonyl (C=O) groups is 1. The minimum atomic E-state index is -0.207. The van der Waals surface area contributed by atoms with Crippen molar-refractivity contribution in [2.24, 2.45) is 0 Å². The van der Waals surface area contributed by atoms with E-state index in [1.807, 2.05) is 37.2 Å². The fourth-order valence-corrected chi connectivity index (χ4v) is 3.77. The molecular formula is C28H30N6O2. The maximum Gasteiger partial charge on any atom is 0.248 e. The van der Waals surface area contributed by atoms with Gasteiger partial charge in [0.1, 0.15) is 11.6 Å². The Hall–Kier alpha value is -4.43. The van der Waals surface area contributed by atoms with E-state index in [2.05, 4.69) is 57.1 Å². The molecule has 0 unspecified atom stereocenters. The molecule has 4 rings (SSSR count). The van der Waals surface area contributed by atoms with E-state index < -0.39 is 0 Å². The average Bonchev–Trinajstić information content (AvgIpc) is 2.84. The summed E-state index contributed by atoms with van der Waals surface area (Å²) in [5.74, 6) is 1.44. The number of likely N-dealkylation sites (N-methyl/N-ethyl adjacent to an activating group) is 1. The molecule has 8 heteroatoms. The Balaban J connectivity index is 1.51. The van der Waals surface area contributed by atoms with Gasteiger partial charge in [-0.05, 0) is 73.8 Å². The Morgan fingerprint density at radius 2 is 1.86 bits per heavy atom. The smallest absolute Gasteiger partial charge is 0.248 e. The highest BCUT2D eigenvalue weighted by atomic mass is 16.5. The van der Waals surface area contributed by atoms with Gasteiger partial charge in [-0.1, -0.05) is 30.3 Å². The highest BCUT2D eigenvalue weighted by Gasteiger charge is 2.09. The van der Waals surface area contributed by atoms with Crippen LogP contribution < -0.4 is 20.7 Å². The fraction of sp³-hybridized carbons (Fsp3) is 0.179. The van der Waals surface area contributed by atoms with Crippen LogP contribution in [0.4, 0.5) is 28.8 Å². The molecule has 1 amide bonds. The molecule has 0 atom stereocenters. The van der Waals surface area contributed by atoms with E-state index >= 15 is 0 Å². The number of nitrogens with zero attached hydrogens (tertiary/aromatic N) is 3. The molecule has 3 aromatic carbocycles. The molecule has 1 heterocycles. The topological polar surface area (TPSA) is 91.4 Å². The first-order valence-corrected chi connectivity index (χ1v) is 11.6. The van der Waals surface area contributed by atoms with E-state index in [4.69, 9.17) is 4.74 Å². The van der Waals surface area contributed by atoms with Crippen LogP contribution in [0.5, 0.6) is 5.75 Å². The second kappa shape index (κ2) is 11.3. The predicted octanol–water partition coefficient (Wildman–Crippen LogP) is 5.49. The van der Waals surface area contributed by atoms with Crippen molar-refractivity contribution < 1.29 is 9.53 Å². The number of carbonyl (C=O) groups excluding carboxylic acids is 1. The first-order valence-electron chi connectivity index (χ1n) is 11.6. The summed E-state index contributed by atoms with van der Waals surface area (Å²) in [7, 11) is 5.47. The quantitative estimate of drug-likeness (QED) is 0.272. The van der Waals surface area contributed by atoms with Crippen LogP contribution in [0.2, 0.25) is 0 Å². The van der Waals surface area contributed by atoms with Gasteiger partial charge in [0.25, 0.3) is 0 Å². The van der Waals surface area contributed by atoms with Crippen LogP contribution in [0.3, 0.4) is 0 Å². The Bertz CT molecular complexity index is 1400. The van der Waals surface area contributed by atoms with Crippen molar-refractivity contribution in [2.45, 2.75) is 6.92 Å². The summed E-state index contributed by atoms with van der Waals surface area (Å²) >= 11 is 0. The Morgan fingerprint density at radius 1 is 1.03 bits per heavy atom. The second-order valence-electron chi connectivity index (χ2n) is 8.60. The zero-order chi connectivity index (χ0) is 25.5. The molecule has 1 aromatic heterocycles. The normalized spacial score (nSPS) is 11.1. The van der Waals surface area contributed by atoms with E-state index in [1.165, 1.54) is 17.0 Å². The summed E-state index contributed by atoms with van der Waals surface area (Å²) < 4.78 is 5.48. The lowest BCUT2D eigenvalue weighted by Gasteiger charge is -2.13. The number of aromatic nitrogens is 2. The monoisotopic (exact) mass is 482 g/mol. The zero-order valence-corrected chi connectivity index (χ0v) is 20.9. The third-order valence-corrected chi connectivity index (χ3v) is 5.45. The molecule has 0 radical (unpaired) electrons. The molecule has 0 spiro atoms. The number of hydrogen-bond acceptors (Lipinski definition) is 7. The summed E-state index contributed by atoms with van der Waals surface area (Å²) in [6.45, 7) is 2.78. The highest BCUT2D eigenvalue weighted by Crippen LogP contribution is 2.30. The second-order valence-corrected chi connectivity index (χ2v) is 8.60. The van der Waals surface area contributed by atoms with Gasteiger partial charge in [-0.2, -0.15) is 4.98 Å². The molecular weight excluding hydrogens is 452 g/mol. The van der Waals surface area contributed by atoms with E-state index in [0.717, 1.165) is 11.1 Å². The largest absolute Gasteiger partial charge is 0.495 e. The van der Waals surface area contributed by atoms with Crippen LogP contribution >= 0.6 is 0 Å². The number of benzene rings is 3. The van der Waals surface area contributed by atoms with Gasteiger partial charge in [0.2, 0.25) is 11.9 Å². The van der Waals surface area contributed by atoms with Crippen LogP contribution in [-0.2, 0) is 4.79 Å². The van der Waals surface area contributed by atoms with Crippen molar-refractivity contribution in [3.8, 4) is 5.75 Å². The number of fused-ring (bicyclic) bond motifs is 1. The van der Waals surface area contributed by atoms with Gasteiger partial charge in [-0.25, -0.2) is 4.98 Å². The average molecular weight is 483 g/mol. The van der Waals surface area contributed by atoms with Gasteiger partial charge >= 0.3 is 0 Å². The van der Waals surface area contributed by atoms with E-state index in [9.17, 15) is 4.79 Å². The molecule has 0 aliphatic rings. The van der Waals surface area contributed by atoms with Gasteiger partial charge in [0.15, 0.2) is 0 Å². The van der Waals surface area contributed by atoms with E-state index in [1.54, 1.807) is 37.6 Å². The number of aryl methyl sites for hydroxylation is 1. The molecule has 36 heavy (non-hydrogen) atoms. The van der Waals surface area contributed by atoms with Gasteiger partial charge in [0.05, 0.1) is 12.8 Å². The van der Waals surface area contributed by atoms with E-state index in [0.29, 0.717) is 35.4 Å². The highest BCUT2D eigenvalue weighted by molar-refractivity contribution is 5.99. The number of rotatable bonds is 9. The third-order valence-electron chi connectivity index (χ3n) is 5.45. The van der Waals surface area contributed by atoms with Crippen LogP contribution in [0.1, 0.15) is 5.56 Å². The summed E-state index contributed by atoms with van der Waals surface area (Å²) in [4.78, 5) is 23.2. The Morgan fingerprint density at radius 3 is 2.67 bits per heavy atom. The van der Waals surface area contributed by atoms with Gasteiger partial charge in [0, 0.05) is 30.2 Å². The number of hydrogen-bond donors (Lipinski definition) is 3. The molecule has 0 aliphatic heterocycles. The van der Waals surface area contributed by atoms with Gasteiger partial charge < -0.3 is 25.6 Å². The maximum atomic E-state index is 12.2. The van der Waals surface area contributed by atoms with Crippen molar-refractivity contribution in [3.63, 3.8) is 0 Å². The van der Waals surface area contributed by atoms with Crippen molar-refractivity contribution >= 4 is 45.5 Å². The molecule has 0 aliphatic carbocycles. The van der Waals surface area contributed by atoms with Crippen molar-refractivity contribution in [2.75, 3.05) is 43.7 Å². The lowest BCUT2D eigenvalue weighted by atomic mass is 10.0. The summed E-state index contributed by atoms with van der Waals surface area (Å²) in [5.41, 5.74) is 3.38. The zero-order valence-electron chi connectivity index (χ0n) is 20.9. The summed E-state index contributed by atoms with van der Waals surface area (Å²) in [6.07, 6.45) is 5.00. The molecule has 4 aromatic rings. The van der Waals surface area contributed by atoms with Crippen molar-refractivity contribution in [1.29, 1.82) is 0 Å². The standard InChI is InChI=1S/C28H30N6O2/c1-19-16-22(17-20-8-5-6-9-23(19)20)30-26-13-14-29-28(33-26)32-24-18-21(11-12-25(24)36-4)31-27(35)10-7-15-34(2)3/h5-14,16-18H,15H2,1-4H3,(H,31,35)(H2,29,30,32,33)/b10-7+. The van der Waals surface area contributed by atoms with Crippen LogP contribution in [0.15, 0.2) is 79.0 Å². The molecule has 0 bridgehead atoms. The SMILES string of the molecule is COc1ccc(NC(=O)/C=C/CN(C)C)cc1Nc1nccc(Nc2cc(C)c3ccccc3c2)n1. The minimum absolute atomic E-state index is 0.207. The molecule has 8 nitrogen and oxygen atoms in total. The van der Waals surface area contributed by atoms with Crippen LogP contribution in [-0.4, -0.2) is 48.5 Å². The number of methoxy groups -OCH3 is 1. The number of amides is 1. The van der Waals surface area contributed by atoms with Gasteiger partial charge in [-0.3, -0.25) is 4.79 Å². The number of nitrogens with one attached hydrogen (secondary N) is 3. The Kier molecular flexibility index (Phi) is 7.77. The van der Waals surface area contributed by atoms with Gasteiger partial charge in [-0.15, -0.1) is 0 Å². The first-order chi connectivity index (χ1) is 17.4. The predicted molar refractivity (Wildman–Crippen MR) is 147 cm³/mol. The molecule has 0 fully saturated rings. The molecule has 0 saturated carbocycles. The number of anilines is 5. The van der Waals surface area contributed by atoms with Crippen molar-refractivity contribution in [3.05, 3.63) is 84.6 Å². The molecule has 3 N–H and O–H groups in total. The fourth-order valence-electron chi connectivity index (χ4n) is 3.77.